The normalized spacial score (nSPS) is 19.8. The van der Waals surface area contributed by atoms with Crippen LogP contribution in [0.3, 0.4) is 0 Å². The Hall–Kier alpha value is -1.65. The number of fused-ring (bicyclic) bond motifs is 1. The van der Waals surface area contributed by atoms with Crippen LogP contribution in [0.25, 0.3) is 10.9 Å². The number of nitrogens with one attached hydrogen (secondary N) is 1. The molecule has 3 rings (SSSR count). The van der Waals surface area contributed by atoms with Crippen LogP contribution in [0, 0.1) is 5.92 Å². The third-order valence-corrected chi connectivity index (χ3v) is 4.16. The van der Waals surface area contributed by atoms with Gasteiger partial charge in [-0.2, -0.15) is 0 Å². The molecule has 0 spiro atoms. The van der Waals surface area contributed by atoms with Gasteiger partial charge in [0.15, 0.2) is 5.78 Å². The molecule has 1 aliphatic rings. The lowest BCUT2D eigenvalue weighted by Crippen LogP contribution is -2.27. The Kier molecular flexibility index (Phi) is 3.85. The third kappa shape index (κ3) is 2.62. The highest BCUT2D eigenvalue weighted by Crippen LogP contribution is 2.22. The fraction of sp³-hybridized carbons (Fsp3) is 0.438. The Bertz CT molecular complexity index is 605. The lowest BCUT2D eigenvalue weighted by Gasteiger charge is -2.14. The highest BCUT2D eigenvalue weighted by Gasteiger charge is 2.24. The van der Waals surface area contributed by atoms with Crippen LogP contribution < -0.4 is 0 Å². The van der Waals surface area contributed by atoms with E-state index in [0.717, 1.165) is 42.4 Å². The molecule has 2 N–H and O–H groups in total. The first-order valence-electron chi connectivity index (χ1n) is 7.20. The van der Waals surface area contributed by atoms with E-state index in [-0.39, 0.29) is 12.4 Å². The van der Waals surface area contributed by atoms with Crippen LogP contribution in [-0.4, -0.2) is 47.0 Å². The number of para-hydroxylation sites is 1. The Morgan fingerprint density at radius 1 is 1.40 bits per heavy atom. The second kappa shape index (κ2) is 5.77. The van der Waals surface area contributed by atoms with Crippen molar-refractivity contribution in [2.45, 2.75) is 12.8 Å². The summed E-state index contributed by atoms with van der Waals surface area (Å²) in [5, 5.41) is 9.98. The molecule has 1 saturated heterocycles. The monoisotopic (exact) mass is 272 g/mol. The van der Waals surface area contributed by atoms with Gasteiger partial charge in [0.1, 0.15) is 0 Å². The zero-order valence-electron chi connectivity index (χ0n) is 11.5. The van der Waals surface area contributed by atoms with Crippen molar-refractivity contribution < 1.29 is 9.90 Å². The van der Waals surface area contributed by atoms with Crippen molar-refractivity contribution in [3.05, 3.63) is 36.0 Å². The van der Waals surface area contributed by atoms with Crippen molar-refractivity contribution in [1.29, 1.82) is 0 Å². The second-order valence-corrected chi connectivity index (χ2v) is 5.57. The number of hydrogen-bond acceptors (Lipinski definition) is 3. The van der Waals surface area contributed by atoms with E-state index in [9.17, 15) is 4.79 Å². The summed E-state index contributed by atoms with van der Waals surface area (Å²) < 4.78 is 0. The number of carbonyl (C=O) groups is 1. The maximum Gasteiger partial charge on any atom is 0.178 e. The predicted molar refractivity (Wildman–Crippen MR) is 78.9 cm³/mol. The van der Waals surface area contributed by atoms with E-state index >= 15 is 0 Å². The first kappa shape index (κ1) is 13.3. The molecule has 2 heterocycles. The van der Waals surface area contributed by atoms with Crippen molar-refractivity contribution in [3.63, 3.8) is 0 Å². The molecule has 4 nitrogen and oxygen atoms in total. The molecule has 1 atom stereocenters. The Labute approximate surface area is 118 Å². The van der Waals surface area contributed by atoms with Gasteiger partial charge in [0, 0.05) is 35.8 Å². The number of benzene rings is 1. The Morgan fingerprint density at radius 3 is 3.10 bits per heavy atom. The Balaban J connectivity index is 1.68. The minimum atomic E-state index is 0.173. The maximum absolute atomic E-state index is 12.4. The standard InChI is InChI=1S/C16H20N2O2/c19-8-6-12-5-7-18(10-12)11-16(20)14-9-17-15-4-2-1-3-13(14)15/h1-4,9,12,17,19H,5-8,10-11H2. The van der Waals surface area contributed by atoms with E-state index in [2.05, 4.69) is 9.88 Å². The summed E-state index contributed by atoms with van der Waals surface area (Å²) in [6, 6.07) is 7.89. The average Bonchev–Trinajstić information content (AvgIpc) is 3.06. The van der Waals surface area contributed by atoms with Gasteiger partial charge in [-0.3, -0.25) is 9.69 Å². The van der Waals surface area contributed by atoms with Crippen LogP contribution in [-0.2, 0) is 0 Å². The molecular weight excluding hydrogens is 252 g/mol. The van der Waals surface area contributed by atoms with Gasteiger partial charge in [-0.15, -0.1) is 0 Å². The van der Waals surface area contributed by atoms with E-state index in [1.54, 1.807) is 0 Å². The molecule has 4 heteroatoms. The quantitative estimate of drug-likeness (QED) is 0.819. The number of aliphatic hydroxyl groups is 1. The zero-order valence-corrected chi connectivity index (χ0v) is 11.5. The molecule has 0 radical (unpaired) electrons. The highest BCUT2D eigenvalue weighted by molar-refractivity contribution is 6.08. The van der Waals surface area contributed by atoms with Crippen molar-refractivity contribution in [3.8, 4) is 0 Å². The highest BCUT2D eigenvalue weighted by atomic mass is 16.3. The smallest absolute Gasteiger partial charge is 0.178 e. The number of rotatable bonds is 5. The molecule has 0 bridgehead atoms. The first-order valence-corrected chi connectivity index (χ1v) is 7.20. The summed E-state index contributed by atoms with van der Waals surface area (Å²) >= 11 is 0. The van der Waals surface area contributed by atoms with E-state index in [4.69, 9.17) is 5.11 Å². The molecular formula is C16H20N2O2. The van der Waals surface area contributed by atoms with Crippen molar-refractivity contribution in [2.24, 2.45) is 5.92 Å². The summed E-state index contributed by atoms with van der Waals surface area (Å²) in [6.07, 6.45) is 3.74. The van der Waals surface area contributed by atoms with Gasteiger partial charge >= 0.3 is 0 Å². The van der Waals surface area contributed by atoms with Crippen molar-refractivity contribution in [2.75, 3.05) is 26.2 Å². The molecule has 1 aliphatic heterocycles. The zero-order chi connectivity index (χ0) is 13.9. The van der Waals surface area contributed by atoms with Crippen LogP contribution >= 0.6 is 0 Å². The second-order valence-electron chi connectivity index (χ2n) is 5.57. The van der Waals surface area contributed by atoms with E-state index < -0.39 is 0 Å². The van der Waals surface area contributed by atoms with Gasteiger partial charge in [0.05, 0.1) is 6.54 Å². The van der Waals surface area contributed by atoms with Gasteiger partial charge in [0.2, 0.25) is 0 Å². The summed E-state index contributed by atoms with van der Waals surface area (Å²) in [6.45, 7) is 2.60. The number of aromatic nitrogens is 1. The topological polar surface area (TPSA) is 56.3 Å². The van der Waals surface area contributed by atoms with Crippen molar-refractivity contribution >= 4 is 16.7 Å². The van der Waals surface area contributed by atoms with Gasteiger partial charge < -0.3 is 10.1 Å². The lowest BCUT2D eigenvalue weighted by molar-refractivity contribution is 0.0944. The maximum atomic E-state index is 12.4. The molecule has 2 aromatic rings. The van der Waals surface area contributed by atoms with E-state index in [0.29, 0.717) is 12.5 Å². The number of aliphatic hydroxyl groups excluding tert-OH is 1. The number of H-pyrrole nitrogens is 1. The van der Waals surface area contributed by atoms with Crippen molar-refractivity contribution in [1.82, 2.24) is 9.88 Å². The largest absolute Gasteiger partial charge is 0.396 e. The number of aromatic amines is 1. The third-order valence-electron chi connectivity index (χ3n) is 4.16. The molecule has 20 heavy (non-hydrogen) atoms. The number of Topliss-reactive ketones (excluding diaryl/α,β-unsaturated/α-hetero) is 1. The lowest BCUT2D eigenvalue weighted by atomic mass is 10.1. The number of nitrogens with zero attached hydrogens (tertiary/aromatic N) is 1. The molecule has 1 aromatic heterocycles. The summed E-state index contributed by atoms with van der Waals surface area (Å²) in [4.78, 5) is 17.8. The summed E-state index contributed by atoms with van der Waals surface area (Å²) in [7, 11) is 0. The van der Waals surface area contributed by atoms with E-state index in [1.165, 1.54) is 0 Å². The van der Waals surface area contributed by atoms with Gasteiger partial charge in [-0.1, -0.05) is 18.2 Å². The van der Waals surface area contributed by atoms with Crippen LogP contribution in [0.4, 0.5) is 0 Å². The van der Waals surface area contributed by atoms with Crippen LogP contribution in [0.1, 0.15) is 23.2 Å². The van der Waals surface area contributed by atoms with Crippen LogP contribution in [0.5, 0.6) is 0 Å². The van der Waals surface area contributed by atoms with Gasteiger partial charge in [-0.05, 0) is 31.4 Å². The number of ketones is 1. The van der Waals surface area contributed by atoms with E-state index in [1.807, 2.05) is 30.5 Å². The van der Waals surface area contributed by atoms with Crippen LogP contribution in [0.15, 0.2) is 30.5 Å². The predicted octanol–water partition coefficient (Wildman–Crippen LogP) is 2.05. The van der Waals surface area contributed by atoms with Crippen LogP contribution in [0.2, 0.25) is 0 Å². The summed E-state index contributed by atoms with van der Waals surface area (Å²) in [5.74, 6) is 0.711. The minimum absolute atomic E-state index is 0.173. The number of likely N-dealkylation sites (tertiary alicyclic amines) is 1. The molecule has 0 aliphatic carbocycles. The fourth-order valence-electron chi connectivity index (χ4n) is 3.07. The summed E-state index contributed by atoms with van der Waals surface area (Å²) in [5.41, 5.74) is 1.79. The number of carbonyl (C=O) groups excluding carboxylic acids is 1. The molecule has 0 saturated carbocycles. The first-order chi connectivity index (χ1) is 9.78. The molecule has 1 aromatic carbocycles. The number of hydrogen-bond donors (Lipinski definition) is 2. The fourth-order valence-corrected chi connectivity index (χ4v) is 3.07. The molecule has 0 amide bonds. The Morgan fingerprint density at radius 2 is 2.25 bits per heavy atom. The minimum Gasteiger partial charge on any atom is -0.396 e. The molecule has 1 fully saturated rings. The molecule has 1 unspecified atom stereocenters. The molecule has 106 valence electrons. The average molecular weight is 272 g/mol. The van der Waals surface area contributed by atoms with Gasteiger partial charge in [0.25, 0.3) is 0 Å². The van der Waals surface area contributed by atoms with Gasteiger partial charge in [-0.25, -0.2) is 0 Å². The SMILES string of the molecule is O=C(CN1CCC(CCO)C1)c1c[nH]c2ccccc12.